The van der Waals surface area contributed by atoms with Gasteiger partial charge in [0, 0.05) is 19.3 Å². The molecule has 0 aliphatic carbocycles. The summed E-state index contributed by atoms with van der Waals surface area (Å²) in [7, 11) is 2.09. The van der Waals surface area contributed by atoms with Gasteiger partial charge in [-0.1, -0.05) is 6.07 Å². The maximum Gasteiger partial charge on any atom is 0.109 e. The van der Waals surface area contributed by atoms with Crippen LogP contribution < -0.4 is 0 Å². The van der Waals surface area contributed by atoms with Gasteiger partial charge in [-0.2, -0.15) is 0 Å². The third-order valence-corrected chi connectivity index (χ3v) is 3.20. The van der Waals surface area contributed by atoms with Crippen LogP contribution in [-0.2, 0) is 5.60 Å². The second-order valence-electron chi connectivity index (χ2n) is 4.56. The van der Waals surface area contributed by atoms with E-state index in [4.69, 9.17) is 0 Å². The molecule has 0 atom stereocenters. The fraction of sp³-hybridized carbons (Fsp3) is 0.583. The Morgan fingerprint density at radius 2 is 2.00 bits per heavy atom. The largest absolute Gasteiger partial charge is 0.383 e. The number of nitrogens with zero attached hydrogens (tertiary/aromatic N) is 2. The Bertz CT molecular complexity index is 326. The number of hydrogen-bond acceptors (Lipinski definition) is 3. The Hall–Kier alpha value is -0.930. The van der Waals surface area contributed by atoms with Crippen LogP contribution in [0.1, 0.15) is 24.1 Å². The Kier molecular flexibility index (Phi) is 2.76. The first-order chi connectivity index (χ1) is 7.10. The van der Waals surface area contributed by atoms with Crippen molar-refractivity contribution >= 4 is 0 Å². The van der Waals surface area contributed by atoms with Gasteiger partial charge in [-0.3, -0.25) is 4.98 Å². The zero-order chi connectivity index (χ0) is 10.9. The maximum atomic E-state index is 10.5. The highest BCUT2D eigenvalue weighted by Crippen LogP contribution is 2.30. The van der Waals surface area contributed by atoms with Gasteiger partial charge in [0.2, 0.25) is 0 Å². The molecule has 1 N–H and O–H groups in total. The predicted molar refractivity (Wildman–Crippen MR) is 59.6 cm³/mol. The fourth-order valence-electron chi connectivity index (χ4n) is 1.99. The predicted octanol–water partition coefficient (Wildman–Crippen LogP) is 1.30. The number of aryl methyl sites for hydroxylation is 1. The number of rotatable bonds is 1. The summed E-state index contributed by atoms with van der Waals surface area (Å²) >= 11 is 0. The summed E-state index contributed by atoms with van der Waals surface area (Å²) in [6.07, 6.45) is 3.38. The van der Waals surface area contributed by atoms with E-state index in [1.165, 1.54) is 0 Å². The van der Waals surface area contributed by atoms with Gasteiger partial charge in [0.1, 0.15) is 5.60 Å². The van der Waals surface area contributed by atoms with Crippen LogP contribution in [-0.4, -0.2) is 35.1 Å². The molecule has 1 aliphatic heterocycles. The molecular weight excluding hydrogens is 188 g/mol. The van der Waals surface area contributed by atoms with Crippen molar-refractivity contribution in [1.82, 2.24) is 9.88 Å². The Balaban J connectivity index is 2.18. The summed E-state index contributed by atoms with van der Waals surface area (Å²) < 4.78 is 0. The molecule has 0 aromatic carbocycles. The van der Waals surface area contributed by atoms with Crippen molar-refractivity contribution in [3.8, 4) is 0 Å². The topological polar surface area (TPSA) is 36.4 Å². The number of pyridine rings is 1. The van der Waals surface area contributed by atoms with Gasteiger partial charge in [0.15, 0.2) is 0 Å². The van der Waals surface area contributed by atoms with Gasteiger partial charge in [-0.05, 0) is 38.4 Å². The van der Waals surface area contributed by atoms with Crippen molar-refractivity contribution < 1.29 is 5.11 Å². The minimum atomic E-state index is -0.708. The zero-order valence-electron chi connectivity index (χ0n) is 9.40. The highest BCUT2D eigenvalue weighted by Gasteiger charge is 2.33. The van der Waals surface area contributed by atoms with Crippen molar-refractivity contribution in [2.24, 2.45) is 0 Å². The van der Waals surface area contributed by atoms with Gasteiger partial charge in [0.25, 0.3) is 0 Å². The first kappa shape index (κ1) is 10.6. The third-order valence-electron chi connectivity index (χ3n) is 3.20. The highest BCUT2D eigenvalue weighted by molar-refractivity contribution is 5.18. The van der Waals surface area contributed by atoms with Crippen molar-refractivity contribution in [2.45, 2.75) is 25.4 Å². The molecule has 0 saturated carbocycles. The molecule has 0 spiro atoms. The average molecular weight is 206 g/mol. The highest BCUT2D eigenvalue weighted by atomic mass is 16.3. The molecule has 1 aromatic rings. The minimum Gasteiger partial charge on any atom is -0.383 e. The molecule has 82 valence electrons. The lowest BCUT2D eigenvalue weighted by molar-refractivity contribution is -0.0238. The summed E-state index contributed by atoms with van der Waals surface area (Å²) in [5, 5.41) is 10.5. The Morgan fingerprint density at radius 3 is 2.53 bits per heavy atom. The quantitative estimate of drug-likeness (QED) is 0.752. The van der Waals surface area contributed by atoms with E-state index in [0.29, 0.717) is 0 Å². The maximum absolute atomic E-state index is 10.5. The number of aliphatic hydroxyl groups is 1. The molecule has 2 heterocycles. The van der Waals surface area contributed by atoms with E-state index < -0.39 is 5.60 Å². The molecule has 1 saturated heterocycles. The summed E-state index contributed by atoms with van der Waals surface area (Å²) in [5.41, 5.74) is 1.25. The van der Waals surface area contributed by atoms with E-state index in [9.17, 15) is 5.11 Å². The molecule has 0 unspecified atom stereocenters. The summed E-state index contributed by atoms with van der Waals surface area (Å²) in [6.45, 7) is 3.88. The summed E-state index contributed by atoms with van der Waals surface area (Å²) in [4.78, 5) is 6.57. The molecule has 15 heavy (non-hydrogen) atoms. The lowest BCUT2D eigenvalue weighted by atomic mass is 9.88. The molecule has 1 aliphatic rings. The van der Waals surface area contributed by atoms with E-state index in [1.54, 1.807) is 0 Å². The molecule has 2 rings (SSSR count). The standard InChI is InChI=1S/C12H18N2O/c1-10-3-4-11(13-9-10)12(15)5-7-14(2)8-6-12/h3-4,9,15H,5-8H2,1-2H3. The van der Waals surface area contributed by atoms with Crippen LogP contribution >= 0.6 is 0 Å². The number of hydrogen-bond donors (Lipinski definition) is 1. The van der Waals surface area contributed by atoms with Crippen LogP contribution in [0.15, 0.2) is 18.3 Å². The second-order valence-corrected chi connectivity index (χ2v) is 4.56. The lowest BCUT2D eigenvalue weighted by Crippen LogP contribution is -2.41. The van der Waals surface area contributed by atoms with E-state index in [1.807, 2.05) is 25.3 Å². The number of piperidine rings is 1. The third kappa shape index (κ3) is 2.19. The monoisotopic (exact) mass is 206 g/mol. The van der Waals surface area contributed by atoms with E-state index in [-0.39, 0.29) is 0 Å². The first-order valence-corrected chi connectivity index (χ1v) is 5.44. The van der Waals surface area contributed by atoms with Crippen molar-refractivity contribution in [1.29, 1.82) is 0 Å². The van der Waals surface area contributed by atoms with Crippen LogP contribution in [0.5, 0.6) is 0 Å². The van der Waals surface area contributed by atoms with Gasteiger partial charge in [-0.15, -0.1) is 0 Å². The average Bonchev–Trinajstić information content (AvgIpc) is 2.24. The molecule has 3 heteroatoms. The number of aromatic nitrogens is 1. The van der Waals surface area contributed by atoms with Crippen LogP contribution in [0.3, 0.4) is 0 Å². The lowest BCUT2D eigenvalue weighted by Gasteiger charge is -2.36. The molecule has 0 bridgehead atoms. The normalized spacial score (nSPS) is 21.5. The summed E-state index contributed by atoms with van der Waals surface area (Å²) in [5.74, 6) is 0. The van der Waals surface area contributed by atoms with Gasteiger partial charge in [0.05, 0.1) is 5.69 Å². The molecular formula is C12H18N2O. The van der Waals surface area contributed by atoms with Gasteiger partial charge < -0.3 is 10.0 Å². The Labute approximate surface area is 90.8 Å². The molecule has 0 radical (unpaired) electrons. The zero-order valence-corrected chi connectivity index (χ0v) is 9.40. The molecule has 1 aromatic heterocycles. The minimum absolute atomic E-state index is 0.708. The summed E-state index contributed by atoms with van der Waals surface area (Å²) in [6, 6.07) is 3.96. The smallest absolute Gasteiger partial charge is 0.109 e. The second kappa shape index (κ2) is 3.91. The van der Waals surface area contributed by atoms with Gasteiger partial charge in [-0.25, -0.2) is 0 Å². The van der Waals surface area contributed by atoms with Crippen molar-refractivity contribution in [3.05, 3.63) is 29.6 Å². The SMILES string of the molecule is Cc1ccc(C2(O)CCN(C)CC2)nc1. The van der Waals surface area contributed by atoms with E-state index in [0.717, 1.165) is 37.2 Å². The molecule has 0 amide bonds. The first-order valence-electron chi connectivity index (χ1n) is 5.44. The fourth-order valence-corrected chi connectivity index (χ4v) is 1.99. The van der Waals surface area contributed by atoms with Crippen LogP contribution in [0, 0.1) is 6.92 Å². The van der Waals surface area contributed by atoms with E-state index in [2.05, 4.69) is 16.9 Å². The van der Waals surface area contributed by atoms with Crippen molar-refractivity contribution in [2.75, 3.05) is 20.1 Å². The van der Waals surface area contributed by atoms with Gasteiger partial charge >= 0.3 is 0 Å². The Morgan fingerprint density at radius 1 is 1.33 bits per heavy atom. The van der Waals surface area contributed by atoms with Crippen LogP contribution in [0.4, 0.5) is 0 Å². The van der Waals surface area contributed by atoms with Crippen LogP contribution in [0.2, 0.25) is 0 Å². The van der Waals surface area contributed by atoms with E-state index >= 15 is 0 Å². The molecule has 1 fully saturated rings. The van der Waals surface area contributed by atoms with Crippen molar-refractivity contribution in [3.63, 3.8) is 0 Å². The van der Waals surface area contributed by atoms with Crippen LogP contribution in [0.25, 0.3) is 0 Å². The molecule has 3 nitrogen and oxygen atoms in total. The number of likely N-dealkylation sites (tertiary alicyclic amines) is 1.